The molecule has 0 N–H and O–H groups in total. The Morgan fingerprint density at radius 1 is 1.40 bits per heavy atom. The van der Waals surface area contributed by atoms with E-state index in [0.717, 1.165) is 10.6 Å². The van der Waals surface area contributed by atoms with Crippen LogP contribution in [0.2, 0.25) is 0 Å². The maximum atomic E-state index is 12.3. The smallest absolute Gasteiger partial charge is 0.320 e. The molecule has 0 unspecified atom stereocenters. The van der Waals surface area contributed by atoms with E-state index in [-0.39, 0.29) is 6.54 Å². The largest absolute Gasteiger partial charge is 0.435 e. The number of nitrogens with zero attached hydrogens (tertiary/aromatic N) is 3. The number of aromatic nitrogens is 3. The summed E-state index contributed by atoms with van der Waals surface area (Å²) in [6, 6.07) is 0.970. The molecule has 3 nitrogen and oxygen atoms in total. The van der Waals surface area contributed by atoms with Gasteiger partial charge in [0.2, 0.25) is 0 Å². The minimum absolute atomic E-state index is 0.222. The van der Waals surface area contributed by atoms with Crippen LogP contribution in [0, 0.1) is 12.3 Å². The summed E-state index contributed by atoms with van der Waals surface area (Å²) in [5.74, 6) is 2.35. The van der Waals surface area contributed by atoms with Crippen LogP contribution in [0.1, 0.15) is 5.69 Å². The highest BCUT2D eigenvalue weighted by atomic mass is 19.4. The van der Waals surface area contributed by atoms with Gasteiger partial charge in [-0.15, -0.1) is 6.42 Å². The van der Waals surface area contributed by atoms with Gasteiger partial charge in [0.25, 0.3) is 0 Å². The van der Waals surface area contributed by atoms with E-state index in [9.17, 15) is 13.2 Å². The Balaban J connectivity index is 2.53. The molecule has 2 aromatic heterocycles. The number of terminal acetylenes is 1. The lowest BCUT2D eigenvalue weighted by Gasteiger charge is -1.99. The summed E-state index contributed by atoms with van der Waals surface area (Å²) in [5, 5.41) is 3.39. The summed E-state index contributed by atoms with van der Waals surface area (Å²) in [6.45, 7) is 0.222. The Morgan fingerprint density at radius 2 is 2.13 bits per heavy atom. The Bertz CT molecular complexity index is 527. The van der Waals surface area contributed by atoms with Crippen LogP contribution in [0.25, 0.3) is 5.65 Å². The third-order valence-corrected chi connectivity index (χ3v) is 1.95. The Labute approximate surface area is 83.1 Å². The lowest BCUT2D eigenvalue weighted by Crippen LogP contribution is -2.05. The summed E-state index contributed by atoms with van der Waals surface area (Å²) in [4.78, 5) is 0. The predicted octanol–water partition coefficient (Wildman–Crippen LogP) is 1.79. The van der Waals surface area contributed by atoms with E-state index in [1.54, 1.807) is 6.20 Å². The van der Waals surface area contributed by atoms with Crippen molar-refractivity contribution in [3.8, 4) is 12.3 Å². The summed E-state index contributed by atoms with van der Waals surface area (Å²) < 4.78 is 39.6. The molecule has 0 fully saturated rings. The van der Waals surface area contributed by atoms with Crippen LogP contribution in [0.4, 0.5) is 13.2 Å². The molecule has 15 heavy (non-hydrogen) atoms. The van der Waals surface area contributed by atoms with Gasteiger partial charge in [0, 0.05) is 18.5 Å². The van der Waals surface area contributed by atoms with Gasteiger partial charge in [-0.3, -0.25) is 0 Å². The first-order chi connectivity index (χ1) is 7.02. The molecular weight excluding hydrogens is 207 g/mol. The second kappa shape index (κ2) is 3.05. The molecule has 0 aliphatic rings. The Kier molecular flexibility index (Phi) is 1.96. The molecule has 0 amide bonds. The van der Waals surface area contributed by atoms with Crippen molar-refractivity contribution in [2.75, 3.05) is 0 Å². The van der Waals surface area contributed by atoms with Gasteiger partial charge < -0.3 is 4.57 Å². The molecule has 0 aliphatic heterocycles. The maximum Gasteiger partial charge on any atom is 0.435 e. The average Bonchev–Trinajstić information content (AvgIpc) is 2.65. The van der Waals surface area contributed by atoms with Crippen LogP contribution in [0.5, 0.6) is 0 Å². The van der Waals surface area contributed by atoms with Gasteiger partial charge in [-0.05, 0) is 0 Å². The van der Waals surface area contributed by atoms with E-state index < -0.39 is 11.9 Å². The molecule has 0 saturated carbocycles. The minimum atomic E-state index is -4.42. The molecular formula is C9H6F3N3. The predicted molar refractivity (Wildman–Crippen MR) is 47.0 cm³/mol. The number of hydrogen-bond acceptors (Lipinski definition) is 1. The SMILES string of the molecule is C#CCn1ccn2nc(C(F)(F)F)cc12. The fourth-order valence-electron chi connectivity index (χ4n) is 1.30. The van der Waals surface area contributed by atoms with Crippen LogP contribution in [-0.4, -0.2) is 14.2 Å². The van der Waals surface area contributed by atoms with Crippen molar-refractivity contribution in [1.29, 1.82) is 0 Å². The van der Waals surface area contributed by atoms with Crippen LogP contribution in [-0.2, 0) is 12.7 Å². The molecule has 0 aromatic carbocycles. The highest BCUT2D eigenvalue weighted by Gasteiger charge is 2.34. The van der Waals surface area contributed by atoms with Crippen LogP contribution in [0.3, 0.4) is 0 Å². The van der Waals surface area contributed by atoms with Crippen molar-refractivity contribution < 1.29 is 13.2 Å². The zero-order chi connectivity index (χ0) is 11.1. The van der Waals surface area contributed by atoms with E-state index in [1.807, 2.05) is 0 Å². The average molecular weight is 213 g/mol. The molecule has 0 bridgehead atoms. The van der Waals surface area contributed by atoms with Gasteiger partial charge in [0.1, 0.15) is 5.65 Å². The number of halogens is 3. The molecule has 2 rings (SSSR count). The Hall–Kier alpha value is -1.90. The number of imidazole rings is 1. The van der Waals surface area contributed by atoms with E-state index in [4.69, 9.17) is 6.42 Å². The fourth-order valence-corrected chi connectivity index (χ4v) is 1.30. The first-order valence-electron chi connectivity index (χ1n) is 4.07. The molecule has 0 spiro atoms. The number of fused-ring (bicyclic) bond motifs is 1. The van der Waals surface area contributed by atoms with Crippen molar-refractivity contribution in [2.24, 2.45) is 0 Å². The lowest BCUT2D eigenvalue weighted by atomic mass is 10.4. The van der Waals surface area contributed by atoms with E-state index in [0.29, 0.717) is 5.65 Å². The quantitative estimate of drug-likeness (QED) is 0.662. The highest BCUT2D eigenvalue weighted by molar-refractivity contribution is 5.42. The molecule has 0 radical (unpaired) electrons. The number of hydrogen-bond donors (Lipinski definition) is 0. The molecule has 2 aromatic rings. The zero-order valence-electron chi connectivity index (χ0n) is 7.49. The summed E-state index contributed by atoms with van der Waals surface area (Å²) >= 11 is 0. The highest BCUT2D eigenvalue weighted by Crippen LogP contribution is 2.28. The maximum absolute atomic E-state index is 12.3. The minimum Gasteiger partial charge on any atom is -0.320 e. The Morgan fingerprint density at radius 3 is 2.73 bits per heavy atom. The van der Waals surface area contributed by atoms with Gasteiger partial charge in [-0.1, -0.05) is 5.92 Å². The van der Waals surface area contributed by atoms with Gasteiger partial charge in [0.05, 0.1) is 6.54 Å². The standard InChI is InChI=1S/C9H6F3N3/c1-2-3-14-4-5-15-8(14)6-7(13-15)9(10,11)12/h1,4-6H,3H2. The van der Waals surface area contributed by atoms with Crippen LogP contribution in [0.15, 0.2) is 18.5 Å². The lowest BCUT2D eigenvalue weighted by molar-refractivity contribution is -0.141. The van der Waals surface area contributed by atoms with Crippen molar-refractivity contribution in [1.82, 2.24) is 14.2 Å². The first kappa shape index (κ1) is 9.65. The van der Waals surface area contributed by atoms with E-state index in [2.05, 4.69) is 11.0 Å². The summed E-state index contributed by atoms with van der Waals surface area (Å²) in [7, 11) is 0. The summed E-state index contributed by atoms with van der Waals surface area (Å²) in [5.41, 5.74) is -0.579. The van der Waals surface area contributed by atoms with Gasteiger partial charge >= 0.3 is 6.18 Å². The number of alkyl halides is 3. The molecule has 0 aliphatic carbocycles. The van der Waals surface area contributed by atoms with E-state index >= 15 is 0 Å². The van der Waals surface area contributed by atoms with Crippen molar-refractivity contribution in [3.63, 3.8) is 0 Å². The molecule has 0 atom stereocenters. The van der Waals surface area contributed by atoms with E-state index in [1.165, 1.54) is 10.8 Å². The monoisotopic (exact) mass is 213 g/mol. The first-order valence-corrected chi connectivity index (χ1v) is 4.07. The summed E-state index contributed by atoms with van der Waals surface area (Å²) in [6.07, 6.45) is 3.68. The molecule has 6 heteroatoms. The second-order valence-electron chi connectivity index (χ2n) is 2.96. The number of rotatable bonds is 1. The zero-order valence-corrected chi connectivity index (χ0v) is 7.49. The normalized spacial score (nSPS) is 11.9. The third-order valence-electron chi connectivity index (χ3n) is 1.95. The van der Waals surface area contributed by atoms with Crippen LogP contribution >= 0.6 is 0 Å². The molecule has 0 saturated heterocycles. The van der Waals surface area contributed by atoms with Crippen molar-refractivity contribution in [2.45, 2.75) is 12.7 Å². The van der Waals surface area contributed by atoms with Gasteiger partial charge in [-0.2, -0.15) is 18.3 Å². The van der Waals surface area contributed by atoms with Gasteiger partial charge in [0.15, 0.2) is 5.69 Å². The molecule has 78 valence electrons. The third kappa shape index (κ3) is 1.56. The van der Waals surface area contributed by atoms with Crippen molar-refractivity contribution >= 4 is 5.65 Å². The van der Waals surface area contributed by atoms with Gasteiger partial charge in [-0.25, -0.2) is 4.52 Å². The second-order valence-corrected chi connectivity index (χ2v) is 2.96. The molecule has 2 heterocycles. The van der Waals surface area contributed by atoms with Crippen molar-refractivity contribution in [3.05, 3.63) is 24.2 Å². The topological polar surface area (TPSA) is 22.2 Å². The fraction of sp³-hybridized carbons (Fsp3) is 0.222. The van der Waals surface area contributed by atoms with Crippen LogP contribution < -0.4 is 0 Å².